The van der Waals surface area contributed by atoms with Crippen LogP contribution in [-0.4, -0.2) is 49.0 Å². The molecule has 5 N–H and O–H groups in total. The van der Waals surface area contributed by atoms with Crippen molar-refractivity contribution in [3.8, 4) is 0 Å². The molecule has 0 saturated carbocycles. The van der Waals surface area contributed by atoms with E-state index in [2.05, 4.69) is 4.98 Å². The number of ether oxygens (including phenoxy) is 1. The van der Waals surface area contributed by atoms with E-state index < -0.39 is 36.1 Å². The Bertz CT molecular complexity index is 548. The molecular weight excluding hydrogens is 261 g/mol. The number of rotatable bonds is 2. The minimum Gasteiger partial charge on any atom is -0.390 e. The molecule has 2 rings (SSSR count). The molecule has 0 spiro atoms. The number of halogens is 1. The van der Waals surface area contributed by atoms with E-state index in [1.54, 1.807) is 0 Å². The van der Waals surface area contributed by atoms with Gasteiger partial charge < -0.3 is 25.8 Å². The van der Waals surface area contributed by atoms with Gasteiger partial charge in [-0.3, -0.25) is 4.57 Å². The van der Waals surface area contributed by atoms with Gasteiger partial charge in [-0.2, -0.15) is 4.98 Å². The van der Waals surface area contributed by atoms with E-state index in [-0.39, 0.29) is 5.82 Å². The lowest BCUT2D eigenvalue weighted by molar-refractivity contribution is -0.207. The van der Waals surface area contributed by atoms with Crippen molar-refractivity contribution in [1.29, 1.82) is 0 Å². The number of nitrogen functional groups attached to an aromatic ring is 1. The van der Waals surface area contributed by atoms with Gasteiger partial charge in [-0.15, -0.1) is 0 Å². The van der Waals surface area contributed by atoms with Crippen molar-refractivity contribution in [1.82, 2.24) is 9.55 Å². The molecule has 1 unspecified atom stereocenters. The van der Waals surface area contributed by atoms with Crippen LogP contribution in [0.1, 0.15) is 13.2 Å². The van der Waals surface area contributed by atoms with Crippen LogP contribution in [-0.2, 0) is 4.74 Å². The van der Waals surface area contributed by atoms with E-state index in [1.165, 1.54) is 6.07 Å². The summed E-state index contributed by atoms with van der Waals surface area (Å²) in [4.78, 5) is 15.0. The molecule has 1 aromatic rings. The van der Waals surface area contributed by atoms with E-state index >= 15 is 0 Å². The largest absolute Gasteiger partial charge is 0.390 e. The Balaban J connectivity index is 2.48. The molecule has 0 bridgehead atoms. The third-order valence-electron chi connectivity index (χ3n) is 3.09. The molecule has 1 aromatic heterocycles. The molecule has 4 atom stereocenters. The topological polar surface area (TPSA) is 131 Å². The molecule has 9 heteroatoms. The summed E-state index contributed by atoms with van der Waals surface area (Å²) in [7, 11) is 0. The van der Waals surface area contributed by atoms with Crippen LogP contribution in [0.15, 0.2) is 17.1 Å². The summed E-state index contributed by atoms with van der Waals surface area (Å²) in [6.45, 7) is -0.0832. The predicted octanol–water partition coefficient (Wildman–Crippen LogP) is -1.88. The maximum Gasteiger partial charge on any atom is 0.351 e. The second-order valence-corrected chi connectivity index (χ2v) is 4.59. The highest BCUT2D eigenvalue weighted by Crippen LogP contribution is 2.44. The van der Waals surface area contributed by atoms with Gasteiger partial charge in [0.05, 0.1) is 0 Å². The lowest BCUT2D eigenvalue weighted by Crippen LogP contribution is -2.49. The van der Waals surface area contributed by atoms with Gasteiger partial charge in [-0.1, -0.05) is 0 Å². The second-order valence-electron chi connectivity index (χ2n) is 4.59. The van der Waals surface area contributed by atoms with Gasteiger partial charge in [0.1, 0.15) is 24.1 Å². The lowest BCUT2D eigenvalue weighted by atomic mass is 9.95. The summed E-state index contributed by atoms with van der Waals surface area (Å²) < 4.78 is 19.6. The van der Waals surface area contributed by atoms with Crippen molar-refractivity contribution in [2.75, 3.05) is 12.3 Å². The predicted molar refractivity (Wildman–Crippen MR) is 60.6 cm³/mol. The quantitative estimate of drug-likeness (QED) is 0.497. The number of nitrogens with two attached hydrogens (primary N) is 1. The SMILES string of the molecule is C[C@@]1(O)C(O)[C@@](F)(CO)O[C@H]1n1ccc(N)nc1=O. The number of alkyl halides is 1. The molecule has 2 heterocycles. The van der Waals surface area contributed by atoms with Crippen LogP contribution in [0.3, 0.4) is 0 Å². The van der Waals surface area contributed by atoms with Crippen molar-refractivity contribution in [3.05, 3.63) is 22.7 Å². The van der Waals surface area contributed by atoms with Gasteiger partial charge in [0, 0.05) is 6.20 Å². The summed E-state index contributed by atoms with van der Waals surface area (Å²) in [5.41, 5.74) is 2.31. The van der Waals surface area contributed by atoms with E-state index in [9.17, 15) is 19.4 Å². The van der Waals surface area contributed by atoms with Crippen molar-refractivity contribution in [2.24, 2.45) is 0 Å². The monoisotopic (exact) mass is 275 g/mol. The number of aliphatic hydroxyl groups excluding tert-OH is 2. The molecule has 106 valence electrons. The van der Waals surface area contributed by atoms with Gasteiger partial charge in [-0.05, 0) is 13.0 Å². The molecule has 1 saturated heterocycles. The highest BCUT2D eigenvalue weighted by molar-refractivity contribution is 5.24. The zero-order valence-corrected chi connectivity index (χ0v) is 10.0. The van der Waals surface area contributed by atoms with Gasteiger partial charge in [0.25, 0.3) is 5.85 Å². The zero-order chi connectivity index (χ0) is 14.4. The summed E-state index contributed by atoms with van der Waals surface area (Å²) in [5.74, 6) is -2.91. The Morgan fingerprint density at radius 1 is 1.68 bits per heavy atom. The van der Waals surface area contributed by atoms with E-state index in [4.69, 9.17) is 15.6 Å². The van der Waals surface area contributed by atoms with Crippen LogP contribution in [0.25, 0.3) is 0 Å². The zero-order valence-electron chi connectivity index (χ0n) is 10.0. The van der Waals surface area contributed by atoms with E-state index in [0.29, 0.717) is 0 Å². The minimum absolute atomic E-state index is 0.0480. The van der Waals surface area contributed by atoms with Crippen LogP contribution >= 0.6 is 0 Å². The van der Waals surface area contributed by atoms with Gasteiger partial charge in [-0.25, -0.2) is 9.18 Å². The Morgan fingerprint density at radius 2 is 2.32 bits per heavy atom. The number of hydrogen-bond acceptors (Lipinski definition) is 7. The summed E-state index contributed by atoms with van der Waals surface area (Å²) in [5, 5.41) is 28.7. The minimum atomic E-state index is -2.87. The Hall–Kier alpha value is -1.55. The number of aromatic nitrogens is 2. The van der Waals surface area contributed by atoms with Crippen LogP contribution in [0.5, 0.6) is 0 Å². The van der Waals surface area contributed by atoms with Gasteiger partial charge in [0.2, 0.25) is 0 Å². The third-order valence-corrected chi connectivity index (χ3v) is 3.09. The van der Waals surface area contributed by atoms with Gasteiger partial charge in [0.15, 0.2) is 6.23 Å². The first kappa shape index (κ1) is 13.9. The molecule has 8 nitrogen and oxygen atoms in total. The first-order valence-electron chi connectivity index (χ1n) is 5.45. The Morgan fingerprint density at radius 3 is 2.79 bits per heavy atom. The highest BCUT2D eigenvalue weighted by Gasteiger charge is 2.62. The molecule has 19 heavy (non-hydrogen) atoms. The number of anilines is 1. The smallest absolute Gasteiger partial charge is 0.351 e. The maximum absolute atomic E-state index is 14.0. The fourth-order valence-corrected chi connectivity index (χ4v) is 2.01. The van der Waals surface area contributed by atoms with Gasteiger partial charge >= 0.3 is 5.69 Å². The molecule has 1 aliphatic heterocycles. The Labute approximate surface area is 106 Å². The highest BCUT2D eigenvalue weighted by atomic mass is 19.2. The Kier molecular flexibility index (Phi) is 3.09. The number of aliphatic hydroxyl groups is 3. The average Bonchev–Trinajstić information content (AvgIpc) is 2.51. The third kappa shape index (κ3) is 2.00. The fourth-order valence-electron chi connectivity index (χ4n) is 2.01. The lowest BCUT2D eigenvalue weighted by Gasteiger charge is -2.27. The average molecular weight is 275 g/mol. The normalized spacial score (nSPS) is 38.6. The molecule has 0 amide bonds. The number of nitrogens with zero attached hydrogens (tertiary/aromatic N) is 2. The maximum atomic E-state index is 14.0. The second kappa shape index (κ2) is 4.23. The van der Waals surface area contributed by atoms with E-state index in [1.807, 2.05) is 0 Å². The number of hydrogen-bond donors (Lipinski definition) is 4. The first-order chi connectivity index (χ1) is 8.72. The molecule has 0 aromatic carbocycles. The van der Waals surface area contributed by atoms with Crippen molar-refractivity contribution < 1.29 is 24.4 Å². The summed E-state index contributed by atoms with van der Waals surface area (Å²) in [6, 6.07) is 1.25. The van der Waals surface area contributed by atoms with E-state index in [0.717, 1.165) is 17.7 Å². The molecule has 1 aliphatic rings. The van der Waals surface area contributed by atoms with Crippen molar-refractivity contribution in [2.45, 2.75) is 30.7 Å². The van der Waals surface area contributed by atoms with Crippen LogP contribution in [0.2, 0.25) is 0 Å². The fraction of sp³-hybridized carbons (Fsp3) is 0.600. The summed E-state index contributed by atoms with van der Waals surface area (Å²) >= 11 is 0. The molecule has 0 radical (unpaired) electrons. The van der Waals surface area contributed by atoms with Crippen LogP contribution < -0.4 is 11.4 Å². The van der Waals surface area contributed by atoms with Crippen LogP contribution in [0, 0.1) is 0 Å². The molecule has 1 fully saturated rings. The van der Waals surface area contributed by atoms with Crippen LogP contribution in [0.4, 0.5) is 10.2 Å². The summed E-state index contributed by atoms with van der Waals surface area (Å²) in [6.07, 6.45) is -2.42. The van der Waals surface area contributed by atoms with Crippen molar-refractivity contribution >= 4 is 5.82 Å². The first-order valence-corrected chi connectivity index (χ1v) is 5.45. The van der Waals surface area contributed by atoms with Crippen molar-refractivity contribution in [3.63, 3.8) is 0 Å². The standard InChI is InChI=1S/C10H14FN3O5/c1-9(18)6(16)10(11,4-15)19-7(9)14-3-2-5(12)13-8(14)17/h2-3,6-7,15-16,18H,4H2,1H3,(H2,12,13,17)/t6?,7-,9-,10-/m1/s1. The molecular formula is C10H14FN3O5. The molecule has 0 aliphatic carbocycles.